The van der Waals surface area contributed by atoms with E-state index < -0.39 is 0 Å². The third-order valence-electron chi connectivity index (χ3n) is 21.2. The first-order valence-corrected chi connectivity index (χ1v) is 34.1. The summed E-state index contributed by atoms with van der Waals surface area (Å²) in [5.74, 6) is 0. The maximum absolute atomic E-state index is 10.6. The third kappa shape index (κ3) is 11.7. The number of fused-ring (bicyclic) bond motifs is 14. The Morgan fingerprint density at radius 2 is 0.559 bits per heavy atom. The summed E-state index contributed by atoms with van der Waals surface area (Å²) in [5, 5.41) is 42.1. The highest BCUT2D eigenvalue weighted by Crippen LogP contribution is 2.46. The van der Waals surface area contributed by atoms with Crippen LogP contribution < -0.4 is 0 Å². The number of hydrogen-bond donors (Lipinski definition) is 6. The van der Waals surface area contributed by atoms with E-state index in [1.54, 1.807) is 0 Å². The Morgan fingerprint density at radius 1 is 0.280 bits per heavy atom. The molecule has 0 saturated heterocycles. The van der Waals surface area contributed by atoms with Crippen LogP contribution in [0.25, 0.3) is 24.3 Å². The Morgan fingerprint density at radius 3 is 0.871 bits per heavy atom. The molecule has 12 heteroatoms. The number of nitrogens with one attached hydrogen (secondary N) is 2. The zero-order chi connectivity index (χ0) is 65.8. The van der Waals surface area contributed by atoms with Crippen LogP contribution in [-0.2, 0) is 6.42 Å². The molecule has 10 aliphatic rings. The number of hydrogen-bond acceptors (Lipinski definition) is 10. The third-order valence-corrected chi connectivity index (χ3v) is 21.2. The second-order valence-electron chi connectivity index (χ2n) is 26.1. The number of aromatic amines is 2. The Hall–Kier alpha value is -8.26. The van der Waals surface area contributed by atoms with Gasteiger partial charge in [0.15, 0.2) is 0 Å². The van der Waals surface area contributed by atoms with E-state index in [-0.39, 0.29) is 26.4 Å². The Kier molecular flexibility index (Phi) is 18.6. The molecule has 0 aromatic carbocycles. The van der Waals surface area contributed by atoms with Crippen molar-refractivity contribution < 1.29 is 20.4 Å². The van der Waals surface area contributed by atoms with E-state index in [0.29, 0.717) is 38.5 Å². The standard InChI is InChI=1S/C81H92N8O4/c1-15-55-44(8)68-37-72-48(12)63(23-27-91)76(84-72)33-52-31-54(59(19-5)57(52)17-3)35-78-65(25-29-93)50(14)74(86-78)39-71-46(10)61(81(89-71)41-79(55)87-68)21-20-60-45(9)70-38-73-49(13)64(24-28-92)77(85-73)34-53-30-51(56(16-2)58(53)18-4)32-75-62(22-26-90)47(11)69(83-75)36-66-42(6)43(7)67(82-66)40-80(60)88-70/h32-41,82,87,90-93H,15-31H2,1-14H3. The molecule has 0 fully saturated rings. The smallest absolute Gasteiger partial charge is 0.0693 e. The monoisotopic (exact) mass is 1240 g/mol. The van der Waals surface area contributed by atoms with Gasteiger partial charge in [0.05, 0.1) is 68.5 Å². The molecule has 0 radical (unpaired) electrons. The number of nitrogens with zero attached hydrogens (tertiary/aromatic N) is 6. The second-order valence-corrected chi connectivity index (χ2v) is 26.1. The van der Waals surface area contributed by atoms with Gasteiger partial charge in [0.25, 0.3) is 0 Å². The zero-order valence-electron chi connectivity index (χ0n) is 57.3. The molecule has 2 aromatic rings. The maximum atomic E-state index is 10.6. The van der Waals surface area contributed by atoms with E-state index in [1.165, 1.54) is 55.7 Å². The van der Waals surface area contributed by atoms with Crippen molar-refractivity contribution in [2.75, 3.05) is 26.4 Å². The molecular formula is C81H92N8O4. The van der Waals surface area contributed by atoms with Crippen LogP contribution in [0.15, 0.2) is 212 Å². The number of aliphatic imine (C=N–C) groups is 6. The number of H-pyrrole nitrogens is 2. The highest BCUT2D eigenvalue weighted by atomic mass is 16.3. The fraction of sp³-hybridized carbons (Fsp3) is 0.383. The van der Waals surface area contributed by atoms with Gasteiger partial charge < -0.3 is 30.4 Å². The molecule has 0 atom stereocenters. The Bertz CT molecular complexity index is 4480. The van der Waals surface area contributed by atoms with Crippen LogP contribution in [0, 0.1) is 20.8 Å². The molecule has 0 spiro atoms. The van der Waals surface area contributed by atoms with E-state index >= 15 is 0 Å². The number of allylic oxidation sites excluding steroid dienone is 22. The molecule has 6 N–H and O–H groups in total. The van der Waals surface area contributed by atoms with Crippen molar-refractivity contribution in [1.82, 2.24) is 9.97 Å². The van der Waals surface area contributed by atoms with E-state index in [9.17, 15) is 20.4 Å². The lowest BCUT2D eigenvalue weighted by Gasteiger charge is -2.10. The largest absolute Gasteiger partial charge is 0.396 e. The summed E-state index contributed by atoms with van der Waals surface area (Å²) in [7, 11) is 0. The lowest BCUT2D eigenvalue weighted by Crippen LogP contribution is -2.02. The molecular weight excluding hydrogens is 1150 g/mol. The summed E-state index contributed by atoms with van der Waals surface area (Å²) >= 11 is 0. The van der Waals surface area contributed by atoms with E-state index in [4.69, 9.17) is 30.0 Å². The number of aliphatic hydroxyl groups excluding tert-OH is 4. The highest BCUT2D eigenvalue weighted by Gasteiger charge is 2.33. The first kappa shape index (κ1) is 64.8. The molecule has 2 aromatic heterocycles. The predicted molar refractivity (Wildman–Crippen MR) is 387 cm³/mol. The van der Waals surface area contributed by atoms with Gasteiger partial charge in [-0.2, -0.15) is 0 Å². The Labute approximate surface area is 550 Å². The molecule has 8 aliphatic heterocycles. The molecule has 12 nitrogen and oxygen atoms in total. The van der Waals surface area contributed by atoms with Crippen LogP contribution in [0.3, 0.4) is 0 Å². The first-order valence-electron chi connectivity index (χ1n) is 34.1. The van der Waals surface area contributed by atoms with E-state index in [0.717, 1.165) is 214 Å². The van der Waals surface area contributed by atoms with Crippen molar-refractivity contribution in [3.8, 4) is 0 Å². The van der Waals surface area contributed by atoms with Crippen LogP contribution in [0.4, 0.5) is 0 Å². The van der Waals surface area contributed by atoms with Gasteiger partial charge in [0, 0.05) is 49.2 Å². The molecule has 2 aliphatic carbocycles. The molecule has 20 bridgehead atoms. The first-order chi connectivity index (χ1) is 44.9. The summed E-state index contributed by atoms with van der Waals surface area (Å²) in [6.45, 7) is 30.7. The number of aromatic nitrogens is 2. The zero-order valence-corrected chi connectivity index (χ0v) is 57.3. The van der Waals surface area contributed by atoms with Crippen molar-refractivity contribution in [3.63, 3.8) is 0 Å². The van der Waals surface area contributed by atoms with Crippen LogP contribution in [0.5, 0.6) is 0 Å². The fourth-order valence-corrected chi connectivity index (χ4v) is 15.7. The average Bonchev–Trinajstić information content (AvgIpc) is 1.64. The van der Waals surface area contributed by atoms with E-state index in [2.05, 4.69) is 168 Å². The quantitative estimate of drug-likeness (QED) is 0.0977. The van der Waals surface area contributed by atoms with Crippen LogP contribution in [-0.4, -0.2) is 91.1 Å². The molecule has 0 amide bonds. The maximum Gasteiger partial charge on any atom is 0.0693 e. The average molecular weight is 1240 g/mol. The van der Waals surface area contributed by atoms with Gasteiger partial charge in [-0.15, -0.1) is 0 Å². The minimum atomic E-state index is 0.00691. The molecule has 10 heterocycles. The van der Waals surface area contributed by atoms with Gasteiger partial charge >= 0.3 is 0 Å². The van der Waals surface area contributed by atoms with Crippen molar-refractivity contribution in [3.05, 3.63) is 227 Å². The predicted octanol–water partition coefficient (Wildman–Crippen LogP) is 17.4. The number of rotatable bonds is 16. The van der Waals surface area contributed by atoms with Gasteiger partial charge in [-0.25, -0.2) is 30.0 Å². The fourth-order valence-electron chi connectivity index (χ4n) is 15.7. The summed E-state index contributed by atoms with van der Waals surface area (Å²) in [6.07, 6.45) is 31.4. The SMILES string of the molecule is CCC1=C(CC)C2=CC3=NC(=Cc4[nH]c(c(C)c4C)C=C4N=C(C=C5N=C(C=C1C2)C(CCO)=C5C)C(C)=C4CCC1=C(C)C2=NC1=Cc1[nH]c(c(C)c1CC)C=C1N=C(C=C4CC(=CC5=NC(=C2)C(C)=C5CCO)C(CC)=C4CC)C(CCO)=C1C)C(C)=C3CCO. The second kappa shape index (κ2) is 26.6. The topological polar surface area (TPSA) is 187 Å². The molecule has 12 rings (SSSR count). The van der Waals surface area contributed by atoms with Gasteiger partial charge in [-0.3, -0.25) is 0 Å². The normalized spacial score (nSPS) is 19.9. The molecule has 480 valence electrons. The van der Waals surface area contributed by atoms with Crippen LogP contribution in [0.2, 0.25) is 0 Å². The van der Waals surface area contributed by atoms with E-state index in [1.807, 2.05) is 0 Å². The molecule has 93 heavy (non-hydrogen) atoms. The summed E-state index contributed by atoms with van der Waals surface area (Å²) in [5.41, 5.74) is 42.4. The minimum Gasteiger partial charge on any atom is -0.396 e. The van der Waals surface area contributed by atoms with Crippen molar-refractivity contribution in [2.45, 2.75) is 180 Å². The minimum absolute atomic E-state index is 0.00691. The van der Waals surface area contributed by atoms with Crippen LogP contribution >= 0.6 is 0 Å². The van der Waals surface area contributed by atoms with Gasteiger partial charge in [-0.1, -0.05) is 34.6 Å². The summed E-state index contributed by atoms with van der Waals surface area (Å²) in [6, 6.07) is 0. The lowest BCUT2D eigenvalue weighted by atomic mass is 9.93. The van der Waals surface area contributed by atoms with Gasteiger partial charge in [0.1, 0.15) is 0 Å². The highest BCUT2D eigenvalue weighted by molar-refractivity contribution is 6.19. The lowest BCUT2D eigenvalue weighted by molar-refractivity contribution is 0.300. The van der Waals surface area contributed by atoms with Crippen molar-refractivity contribution in [2.24, 2.45) is 30.0 Å². The Balaban J connectivity index is 1.02. The molecule has 0 saturated carbocycles. The number of aliphatic hydroxyl groups is 4. The van der Waals surface area contributed by atoms with Crippen LogP contribution in [0.1, 0.15) is 198 Å². The van der Waals surface area contributed by atoms with Gasteiger partial charge in [0.2, 0.25) is 0 Å². The summed E-state index contributed by atoms with van der Waals surface area (Å²) in [4.78, 5) is 40.5. The van der Waals surface area contributed by atoms with Crippen molar-refractivity contribution in [1.29, 1.82) is 0 Å². The summed E-state index contributed by atoms with van der Waals surface area (Å²) < 4.78 is 0. The molecule has 0 unspecified atom stereocenters. The van der Waals surface area contributed by atoms with Crippen molar-refractivity contribution >= 4 is 58.6 Å². The van der Waals surface area contributed by atoms with Gasteiger partial charge in [-0.05, 0) is 340 Å².